The highest BCUT2D eigenvalue weighted by Gasteiger charge is 2.13. The third kappa shape index (κ3) is 4.83. The number of nitrogens with zero attached hydrogens (tertiary/aromatic N) is 4. The molecule has 7 nitrogen and oxygen atoms in total. The normalized spacial score (nSPS) is 10.6. The lowest BCUT2D eigenvalue weighted by atomic mass is 10.1. The van der Waals surface area contributed by atoms with E-state index in [1.54, 1.807) is 36.7 Å². The second-order valence-electron chi connectivity index (χ2n) is 6.20. The van der Waals surface area contributed by atoms with Gasteiger partial charge >= 0.3 is 0 Å². The first-order valence-electron chi connectivity index (χ1n) is 8.94. The number of anilines is 1. The van der Waals surface area contributed by atoms with Gasteiger partial charge in [0.25, 0.3) is 0 Å². The third-order valence-corrected chi connectivity index (χ3v) is 5.05. The topological polar surface area (TPSA) is 89.8 Å². The van der Waals surface area contributed by atoms with Crippen LogP contribution in [0.25, 0.3) is 11.4 Å². The van der Waals surface area contributed by atoms with Crippen molar-refractivity contribution in [1.82, 2.24) is 19.7 Å². The Hall–Kier alpha value is -3.00. The Morgan fingerprint density at radius 1 is 1.18 bits per heavy atom. The van der Waals surface area contributed by atoms with E-state index >= 15 is 0 Å². The van der Waals surface area contributed by atoms with Crippen molar-refractivity contribution in [2.24, 2.45) is 7.05 Å². The first kappa shape index (κ1) is 19.8. The van der Waals surface area contributed by atoms with Gasteiger partial charge in [-0.15, -0.1) is 10.2 Å². The van der Waals surface area contributed by atoms with Crippen LogP contribution >= 0.6 is 11.8 Å². The average molecular weight is 395 g/mol. The van der Waals surface area contributed by atoms with E-state index in [0.29, 0.717) is 28.7 Å². The van der Waals surface area contributed by atoms with Crippen LogP contribution in [0, 0.1) is 0 Å². The van der Waals surface area contributed by atoms with Gasteiger partial charge in [0.2, 0.25) is 5.91 Å². The second-order valence-corrected chi connectivity index (χ2v) is 7.14. The summed E-state index contributed by atoms with van der Waals surface area (Å²) in [5.41, 5.74) is 2.09. The molecule has 0 atom stereocenters. The maximum Gasteiger partial charge on any atom is 0.234 e. The van der Waals surface area contributed by atoms with Crippen LogP contribution in [-0.4, -0.2) is 37.2 Å². The minimum absolute atomic E-state index is 0.0787. The number of hydrogen-bond donors (Lipinski definition) is 1. The van der Waals surface area contributed by atoms with Crippen molar-refractivity contribution in [1.29, 1.82) is 0 Å². The lowest BCUT2D eigenvalue weighted by Gasteiger charge is -2.07. The Morgan fingerprint density at radius 3 is 2.79 bits per heavy atom. The number of nitrogens with one attached hydrogen (secondary N) is 1. The van der Waals surface area contributed by atoms with Crippen LogP contribution in [0.3, 0.4) is 0 Å². The molecule has 0 aliphatic carbocycles. The highest BCUT2D eigenvalue weighted by Crippen LogP contribution is 2.22. The van der Waals surface area contributed by atoms with Crippen LogP contribution in [0.15, 0.2) is 53.9 Å². The quantitative estimate of drug-likeness (QED) is 0.463. The molecule has 8 heteroatoms. The molecule has 3 aromatic rings. The van der Waals surface area contributed by atoms with Gasteiger partial charge in [0.15, 0.2) is 16.8 Å². The van der Waals surface area contributed by atoms with Gasteiger partial charge in [0.1, 0.15) is 0 Å². The molecule has 1 amide bonds. The number of carbonyl (C=O) groups is 2. The van der Waals surface area contributed by atoms with Crippen molar-refractivity contribution in [3.8, 4) is 11.4 Å². The molecule has 0 saturated carbocycles. The van der Waals surface area contributed by atoms with Crippen LogP contribution in [-0.2, 0) is 11.8 Å². The summed E-state index contributed by atoms with van der Waals surface area (Å²) in [4.78, 5) is 28.4. The number of thioether (sulfide) groups is 1. The van der Waals surface area contributed by atoms with Crippen LogP contribution in [0.1, 0.15) is 30.1 Å². The van der Waals surface area contributed by atoms with Crippen LogP contribution in [0.5, 0.6) is 0 Å². The molecule has 0 bridgehead atoms. The summed E-state index contributed by atoms with van der Waals surface area (Å²) >= 11 is 1.30. The molecule has 28 heavy (non-hydrogen) atoms. The van der Waals surface area contributed by atoms with Crippen molar-refractivity contribution in [2.45, 2.75) is 24.9 Å². The van der Waals surface area contributed by atoms with Crippen LogP contribution in [0.4, 0.5) is 5.69 Å². The molecule has 3 rings (SSSR count). The minimum atomic E-state index is -0.170. The van der Waals surface area contributed by atoms with Crippen LogP contribution in [0.2, 0.25) is 0 Å². The summed E-state index contributed by atoms with van der Waals surface area (Å²) in [6.45, 7) is 1.97. The first-order chi connectivity index (χ1) is 13.6. The van der Waals surface area contributed by atoms with E-state index < -0.39 is 0 Å². The maximum absolute atomic E-state index is 12.3. The lowest BCUT2D eigenvalue weighted by Crippen LogP contribution is -2.15. The molecule has 1 aromatic carbocycles. The molecule has 0 aliphatic heterocycles. The molecular formula is C20H21N5O2S. The van der Waals surface area contributed by atoms with Crippen molar-refractivity contribution in [2.75, 3.05) is 11.1 Å². The number of carbonyl (C=O) groups excluding carboxylic acids is 2. The summed E-state index contributed by atoms with van der Waals surface area (Å²) in [6, 6.07) is 10.8. The lowest BCUT2D eigenvalue weighted by molar-refractivity contribution is -0.113. The summed E-state index contributed by atoms with van der Waals surface area (Å²) in [6.07, 6.45) is 4.71. The number of aromatic nitrogens is 4. The summed E-state index contributed by atoms with van der Waals surface area (Å²) < 4.78 is 1.83. The van der Waals surface area contributed by atoms with Crippen molar-refractivity contribution in [3.63, 3.8) is 0 Å². The second kappa shape index (κ2) is 9.27. The monoisotopic (exact) mass is 395 g/mol. The summed E-state index contributed by atoms with van der Waals surface area (Å²) in [5, 5.41) is 11.8. The number of pyridine rings is 1. The Bertz CT molecular complexity index is 972. The number of ketones is 1. The zero-order valence-electron chi connectivity index (χ0n) is 15.8. The standard InChI is InChI=1S/C20H21N5O2S/c1-3-6-17(26)14-7-4-9-16(11-14)22-18(27)13-28-20-24-23-19(25(20)2)15-8-5-10-21-12-15/h4-5,7-12H,3,6,13H2,1-2H3,(H,22,27). The number of hydrogen-bond acceptors (Lipinski definition) is 6. The Kier molecular flexibility index (Phi) is 6.54. The molecule has 144 valence electrons. The molecule has 2 aromatic heterocycles. The highest BCUT2D eigenvalue weighted by molar-refractivity contribution is 7.99. The molecule has 1 N–H and O–H groups in total. The van der Waals surface area contributed by atoms with Gasteiger partial charge < -0.3 is 9.88 Å². The Labute approximate surface area is 167 Å². The Morgan fingerprint density at radius 2 is 2.04 bits per heavy atom. The number of Topliss-reactive ketones (excluding diaryl/α,β-unsaturated/α-hetero) is 1. The van der Waals surface area contributed by atoms with Gasteiger partial charge in [-0.2, -0.15) is 0 Å². The van der Waals surface area contributed by atoms with Gasteiger partial charge in [-0.3, -0.25) is 14.6 Å². The fourth-order valence-corrected chi connectivity index (χ4v) is 3.37. The van der Waals surface area contributed by atoms with E-state index in [2.05, 4.69) is 20.5 Å². The molecular weight excluding hydrogens is 374 g/mol. The molecule has 0 spiro atoms. The zero-order chi connectivity index (χ0) is 19.9. The third-order valence-electron chi connectivity index (χ3n) is 4.03. The van der Waals surface area contributed by atoms with Crippen molar-refractivity contribution >= 4 is 29.1 Å². The molecule has 2 heterocycles. The molecule has 0 aliphatic rings. The smallest absolute Gasteiger partial charge is 0.234 e. The fourth-order valence-electron chi connectivity index (χ4n) is 2.66. The predicted molar refractivity (Wildman–Crippen MR) is 109 cm³/mol. The molecule has 0 unspecified atom stereocenters. The van der Waals surface area contributed by atoms with Gasteiger partial charge in [0, 0.05) is 42.7 Å². The van der Waals surface area contributed by atoms with Gasteiger partial charge in [0.05, 0.1) is 5.75 Å². The molecule has 0 radical (unpaired) electrons. The van der Waals surface area contributed by atoms with Gasteiger partial charge in [-0.05, 0) is 30.7 Å². The summed E-state index contributed by atoms with van der Waals surface area (Å²) in [7, 11) is 1.85. The highest BCUT2D eigenvalue weighted by atomic mass is 32.2. The van der Waals surface area contributed by atoms with Crippen LogP contribution < -0.4 is 5.32 Å². The van der Waals surface area contributed by atoms with E-state index in [1.807, 2.05) is 30.7 Å². The van der Waals surface area contributed by atoms with Crippen molar-refractivity contribution < 1.29 is 9.59 Å². The minimum Gasteiger partial charge on any atom is -0.325 e. The molecule has 0 fully saturated rings. The average Bonchev–Trinajstić information content (AvgIpc) is 3.08. The molecule has 0 saturated heterocycles. The van der Waals surface area contributed by atoms with E-state index in [0.717, 1.165) is 12.0 Å². The van der Waals surface area contributed by atoms with Crippen molar-refractivity contribution in [3.05, 3.63) is 54.4 Å². The number of amides is 1. The number of rotatable bonds is 8. The van der Waals surface area contributed by atoms with E-state index in [4.69, 9.17) is 0 Å². The summed E-state index contributed by atoms with van der Waals surface area (Å²) in [5.74, 6) is 0.788. The first-order valence-corrected chi connectivity index (χ1v) is 9.92. The largest absolute Gasteiger partial charge is 0.325 e. The predicted octanol–water partition coefficient (Wildman–Crippen LogP) is 3.59. The zero-order valence-corrected chi connectivity index (χ0v) is 16.6. The fraction of sp³-hybridized carbons (Fsp3) is 0.250. The van der Waals surface area contributed by atoms with E-state index in [-0.39, 0.29) is 17.4 Å². The maximum atomic E-state index is 12.3. The number of benzene rings is 1. The SMILES string of the molecule is CCCC(=O)c1cccc(NC(=O)CSc2nnc(-c3cccnc3)n2C)c1. The Balaban J connectivity index is 1.60. The van der Waals surface area contributed by atoms with E-state index in [9.17, 15) is 9.59 Å². The van der Waals surface area contributed by atoms with Gasteiger partial charge in [-0.25, -0.2) is 0 Å². The van der Waals surface area contributed by atoms with E-state index in [1.165, 1.54) is 11.8 Å². The van der Waals surface area contributed by atoms with Gasteiger partial charge in [-0.1, -0.05) is 30.8 Å².